The summed E-state index contributed by atoms with van der Waals surface area (Å²) in [6.07, 6.45) is 0. The maximum absolute atomic E-state index is 11.9. The number of nitrogens with zero attached hydrogens (tertiary/aromatic N) is 2. The number of aromatic hydroxyl groups is 1. The van der Waals surface area contributed by atoms with Gasteiger partial charge in [-0.15, -0.1) is 23.1 Å². The fraction of sp³-hybridized carbons (Fsp3) is 0.400. The molecule has 2 aromatic rings. The average Bonchev–Trinajstić information content (AvgIpc) is 3.20. The Kier molecular flexibility index (Phi) is 5.99. The van der Waals surface area contributed by atoms with E-state index in [1.165, 1.54) is 23.1 Å². The van der Waals surface area contributed by atoms with Crippen molar-refractivity contribution < 1.29 is 19.7 Å². The lowest BCUT2D eigenvalue weighted by Crippen LogP contribution is -2.22. The Balaban J connectivity index is 1.61. The van der Waals surface area contributed by atoms with Gasteiger partial charge >= 0.3 is 5.97 Å². The number of carbonyl (C=O) groups is 1. The summed E-state index contributed by atoms with van der Waals surface area (Å²) < 4.78 is 0.885. The third-order valence-electron chi connectivity index (χ3n) is 3.13. The highest BCUT2D eigenvalue weighted by Crippen LogP contribution is 2.31. The van der Waals surface area contributed by atoms with Crippen molar-refractivity contribution in [2.45, 2.75) is 13.0 Å². The predicted molar refractivity (Wildman–Crippen MR) is 99.1 cm³/mol. The number of hydrogen-bond donors (Lipinski definition) is 1. The Morgan fingerprint density at radius 1 is 1.50 bits per heavy atom. The quantitative estimate of drug-likeness (QED) is 0.446. The largest absolute Gasteiger partial charge is 0.508 e. The summed E-state index contributed by atoms with van der Waals surface area (Å²) in [6, 6.07) is 4.47. The van der Waals surface area contributed by atoms with E-state index in [9.17, 15) is 9.90 Å². The molecule has 1 atom stereocenters. The van der Waals surface area contributed by atoms with Gasteiger partial charge in [0, 0.05) is 11.5 Å². The van der Waals surface area contributed by atoms with Crippen molar-refractivity contribution in [2.75, 3.05) is 23.9 Å². The molecule has 0 unspecified atom stereocenters. The molecule has 1 aromatic heterocycles. The maximum Gasteiger partial charge on any atom is 0.367 e. The van der Waals surface area contributed by atoms with E-state index in [0.29, 0.717) is 12.4 Å². The van der Waals surface area contributed by atoms with Gasteiger partial charge in [0.2, 0.25) is 0 Å². The van der Waals surface area contributed by atoms with Crippen LogP contribution in [0.4, 0.5) is 0 Å². The first-order valence-corrected chi connectivity index (χ1v) is 10.3. The number of thioether (sulfide) groups is 2. The van der Waals surface area contributed by atoms with Crippen LogP contribution < -0.4 is 0 Å². The summed E-state index contributed by atoms with van der Waals surface area (Å²) in [5, 5.41) is 11.0. The standard InChI is InChI=1S/C15H16N2O4S3/c1-2-22-6-5-20-21-15(19)11-8-23-13(17-11)14-16-10-4-3-9(18)7-12(10)24-14/h3-4,7,11,18H,2,5-6,8H2,1H3/t11-/m1/s1. The van der Waals surface area contributed by atoms with E-state index in [2.05, 4.69) is 16.9 Å². The van der Waals surface area contributed by atoms with Gasteiger partial charge in [-0.25, -0.2) is 9.78 Å². The topological polar surface area (TPSA) is 81.0 Å². The van der Waals surface area contributed by atoms with Crippen LogP contribution in [-0.2, 0) is 14.6 Å². The molecule has 24 heavy (non-hydrogen) atoms. The van der Waals surface area contributed by atoms with Crippen molar-refractivity contribution in [2.24, 2.45) is 4.99 Å². The fourth-order valence-electron chi connectivity index (χ4n) is 2.01. The smallest absolute Gasteiger partial charge is 0.367 e. The molecule has 0 fully saturated rings. The molecule has 0 saturated carbocycles. The molecular formula is C15H16N2O4S3. The Bertz CT molecular complexity index is 762. The second kappa shape index (κ2) is 8.19. The minimum Gasteiger partial charge on any atom is -0.508 e. The minimum atomic E-state index is -0.566. The Hall–Kier alpha value is -1.29. The number of thiazole rings is 1. The molecule has 0 aliphatic carbocycles. The van der Waals surface area contributed by atoms with Gasteiger partial charge in [0.15, 0.2) is 6.04 Å². The van der Waals surface area contributed by atoms with Gasteiger partial charge in [-0.05, 0) is 24.0 Å². The van der Waals surface area contributed by atoms with Gasteiger partial charge < -0.3 is 5.11 Å². The van der Waals surface area contributed by atoms with E-state index in [4.69, 9.17) is 9.78 Å². The summed E-state index contributed by atoms with van der Waals surface area (Å²) in [4.78, 5) is 30.6. The van der Waals surface area contributed by atoms with Crippen LogP contribution in [0.15, 0.2) is 23.2 Å². The second-order valence-electron chi connectivity index (χ2n) is 4.85. The zero-order valence-electron chi connectivity index (χ0n) is 12.9. The number of rotatable bonds is 7. The van der Waals surface area contributed by atoms with E-state index >= 15 is 0 Å². The van der Waals surface area contributed by atoms with E-state index in [-0.39, 0.29) is 5.75 Å². The Labute approximate surface area is 151 Å². The summed E-state index contributed by atoms with van der Waals surface area (Å²) in [5.41, 5.74) is 0.805. The van der Waals surface area contributed by atoms with Crippen LogP contribution in [0.25, 0.3) is 10.2 Å². The molecule has 0 radical (unpaired) electrons. The minimum absolute atomic E-state index is 0.207. The summed E-state index contributed by atoms with van der Waals surface area (Å²) in [6.45, 7) is 2.44. The van der Waals surface area contributed by atoms with Crippen LogP contribution in [0.1, 0.15) is 11.9 Å². The number of hydrogen-bond acceptors (Lipinski definition) is 9. The third-order valence-corrected chi connectivity index (χ3v) is 6.21. The number of fused-ring (bicyclic) bond motifs is 1. The first-order chi connectivity index (χ1) is 11.7. The zero-order valence-corrected chi connectivity index (χ0v) is 15.4. The van der Waals surface area contributed by atoms with E-state index in [1.54, 1.807) is 30.0 Å². The van der Waals surface area contributed by atoms with Crippen molar-refractivity contribution in [3.8, 4) is 5.75 Å². The SMILES string of the molecule is CCSCCOOC(=O)[C@H]1CSC(c2nc3ccc(O)cc3s2)=N1. The molecule has 9 heteroatoms. The zero-order chi connectivity index (χ0) is 16.9. The second-order valence-corrected chi connectivity index (χ2v) is 8.29. The first-order valence-electron chi connectivity index (χ1n) is 7.39. The van der Waals surface area contributed by atoms with Crippen molar-refractivity contribution in [3.63, 3.8) is 0 Å². The fourth-order valence-corrected chi connectivity index (χ4v) is 4.57. The number of benzene rings is 1. The van der Waals surface area contributed by atoms with Crippen LogP contribution in [0.2, 0.25) is 0 Å². The molecule has 0 saturated heterocycles. The number of carbonyl (C=O) groups excluding carboxylic acids is 1. The van der Waals surface area contributed by atoms with Gasteiger partial charge in [0.1, 0.15) is 22.4 Å². The summed E-state index contributed by atoms with van der Waals surface area (Å²) >= 11 is 4.63. The highest BCUT2D eigenvalue weighted by atomic mass is 32.2. The van der Waals surface area contributed by atoms with Gasteiger partial charge in [0.25, 0.3) is 0 Å². The average molecular weight is 385 g/mol. The van der Waals surface area contributed by atoms with Crippen LogP contribution in [0, 0.1) is 0 Å². The molecule has 2 heterocycles. The van der Waals surface area contributed by atoms with Crippen molar-refractivity contribution in [3.05, 3.63) is 23.2 Å². The molecular weight excluding hydrogens is 368 g/mol. The normalized spacial score (nSPS) is 17.2. The van der Waals surface area contributed by atoms with Gasteiger partial charge in [-0.1, -0.05) is 6.92 Å². The van der Waals surface area contributed by atoms with Crippen molar-refractivity contribution in [1.29, 1.82) is 0 Å². The predicted octanol–water partition coefficient (Wildman–Crippen LogP) is 3.09. The molecule has 0 spiro atoms. The van der Waals surface area contributed by atoms with E-state index in [0.717, 1.165) is 31.8 Å². The molecule has 0 amide bonds. The highest BCUT2D eigenvalue weighted by molar-refractivity contribution is 8.15. The van der Waals surface area contributed by atoms with Gasteiger partial charge in [0.05, 0.1) is 10.2 Å². The summed E-state index contributed by atoms with van der Waals surface area (Å²) in [5.74, 6) is 2.04. The third kappa shape index (κ3) is 4.21. The number of phenols is 1. The Morgan fingerprint density at radius 3 is 3.21 bits per heavy atom. The number of aromatic nitrogens is 1. The molecule has 6 nitrogen and oxygen atoms in total. The van der Waals surface area contributed by atoms with Crippen molar-refractivity contribution in [1.82, 2.24) is 4.98 Å². The molecule has 1 aliphatic heterocycles. The van der Waals surface area contributed by atoms with Gasteiger partial charge in [-0.2, -0.15) is 16.6 Å². The lowest BCUT2D eigenvalue weighted by Gasteiger charge is -2.05. The van der Waals surface area contributed by atoms with Crippen LogP contribution in [0.3, 0.4) is 0 Å². The maximum atomic E-state index is 11.9. The molecule has 1 aliphatic rings. The van der Waals surface area contributed by atoms with Gasteiger partial charge in [-0.3, -0.25) is 9.88 Å². The van der Waals surface area contributed by atoms with Crippen LogP contribution in [0.5, 0.6) is 5.75 Å². The summed E-state index contributed by atoms with van der Waals surface area (Å²) in [7, 11) is 0. The lowest BCUT2D eigenvalue weighted by molar-refractivity contribution is -0.269. The van der Waals surface area contributed by atoms with Crippen LogP contribution >= 0.6 is 34.9 Å². The molecule has 0 bridgehead atoms. The van der Waals surface area contributed by atoms with Crippen molar-refractivity contribution >= 4 is 56.1 Å². The van der Waals surface area contributed by atoms with E-state index < -0.39 is 12.0 Å². The number of phenolic OH excluding ortho intramolecular Hbond substituents is 1. The molecule has 3 rings (SSSR count). The molecule has 1 N–H and O–H groups in total. The van der Waals surface area contributed by atoms with Crippen LogP contribution in [-0.4, -0.2) is 51.0 Å². The molecule has 1 aromatic carbocycles. The molecule has 128 valence electrons. The Morgan fingerprint density at radius 2 is 2.38 bits per heavy atom. The lowest BCUT2D eigenvalue weighted by atomic mass is 10.3. The first kappa shape index (κ1) is 17.5. The number of aliphatic imine (C=N–C) groups is 1. The monoisotopic (exact) mass is 384 g/mol. The van der Waals surface area contributed by atoms with E-state index in [1.807, 2.05) is 0 Å². The highest BCUT2D eigenvalue weighted by Gasteiger charge is 2.29.